The van der Waals surface area contributed by atoms with E-state index in [1.165, 1.54) is 0 Å². The maximum atomic E-state index is 12.4. The maximum absolute atomic E-state index is 12.4. The molecule has 2 atom stereocenters. The lowest BCUT2D eigenvalue weighted by Crippen LogP contribution is -2.50. The van der Waals surface area contributed by atoms with E-state index in [4.69, 9.17) is 4.74 Å². The summed E-state index contributed by atoms with van der Waals surface area (Å²) in [5.41, 5.74) is -0.000250. The highest BCUT2D eigenvalue weighted by molar-refractivity contribution is 7.92. The van der Waals surface area contributed by atoms with Crippen molar-refractivity contribution in [3.8, 4) is 0 Å². The van der Waals surface area contributed by atoms with E-state index in [0.717, 1.165) is 12.8 Å². The summed E-state index contributed by atoms with van der Waals surface area (Å²) < 4.78 is 29.5. The molecule has 0 aromatic rings. The average Bonchev–Trinajstić information content (AvgIpc) is 2.27. The molecule has 0 aliphatic heterocycles. The molecule has 1 rings (SSSR count). The largest absolute Gasteiger partial charge is 0.465 e. The van der Waals surface area contributed by atoms with Gasteiger partial charge in [0.25, 0.3) is 0 Å². The summed E-state index contributed by atoms with van der Waals surface area (Å²) in [6, 6.07) is -0.0764. The lowest BCUT2D eigenvalue weighted by atomic mass is 9.75. The van der Waals surface area contributed by atoms with Crippen LogP contribution in [0.5, 0.6) is 0 Å². The van der Waals surface area contributed by atoms with Gasteiger partial charge >= 0.3 is 5.97 Å². The lowest BCUT2D eigenvalue weighted by molar-refractivity contribution is -0.139. The number of carbonyl (C=O) groups excluding carboxylic acids is 1. The Morgan fingerprint density at radius 3 is 2.58 bits per heavy atom. The Hall–Kier alpha value is -0.620. The van der Waals surface area contributed by atoms with Gasteiger partial charge in [-0.05, 0) is 38.6 Å². The van der Waals surface area contributed by atoms with Gasteiger partial charge in [0, 0.05) is 6.04 Å². The minimum atomic E-state index is -3.47. The van der Waals surface area contributed by atoms with E-state index in [9.17, 15) is 13.2 Å². The van der Waals surface area contributed by atoms with Crippen LogP contribution in [0.15, 0.2) is 0 Å². The van der Waals surface area contributed by atoms with Crippen molar-refractivity contribution in [2.75, 3.05) is 19.4 Å². The summed E-state index contributed by atoms with van der Waals surface area (Å²) in [6.45, 7) is 6.03. The molecular weight excluding hydrogens is 266 g/mol. The minimum Gasteiger partial charge on any atom is -0.465 e. The summed E-state index contributed by atoms with van der Waals surface area (Å²) in [5, 5.41) is 2.56. The smallest absolute Gasteiger partial charge is 0.321 e. The first-order valence-corrected chi connectivity index (χ1v) is 8.48. The first-order valence-electron chi connectivity index (χ1n) is 6.76. The van der Waals surface area contributed by atoms with Gasteiger partial charge in [0.05, 0.1) is 11.9 Å². The predicted molar refractivity (Wildman–Crippen MR) is 74.7 cm³/mol. The monoisotopic (exact) mass is 291 g/mol. The van der Waals surface area contributed by atoms with Crippen LogP contribution in [0, 0.1) is 5.41 Å². The van der Waals surface area contributed by atoms with E-state index in [1.807, 2.05) is 0 Å². The van der Waals surface area contributed by atoms with E-state index in [0.29, 0.717) is 6.42 Å². The van der Waals surface area contributed by atoms with Crippen LogP contribution in [0.2, 0.25) is 0 Å². The topological polar surface area (TPSA) is 72.5 Å². The number of rotatable bonds is 5. The van der Waals surface area contributed by atoms with Crippen LogP contribution < -0.4 is 5.32 Å². The number of sulfone groups is 1. The van der Waals surface area contributed by atoms with Crippen LogP contribution in [0.4, 0.5) is 0 Å². The third-order valence-corrected chi connectivity index (χ3v) is 5.85. The van der Waals surface area contributed by atoms with Crippen LogP contribution in [0.25, 0.3) is 0 Å². The summed E-state index contributed by atoms with van der Waals surface area (Å²) in [6.07, 6.45) is 2.39. The maximum Gasteiger partial charge on any atom is 0.321 e. The molecule has 1 N–H and O–H groups in total. The van der Waals surface area contributed by atoms with E-state index < -0.39 is 26.8 Å². The van der Waals surface area contributed by atoms with Gasteiger partial charge in [-0.15, -0.1) is 0 Å². The number of ether oxygens (including phenoxy) is 1. The SMILES string of the molecule is CCOC(=O)CS(=O)(=O)C1CC(C)(C)CCC1NC. The number of hydrogen-bond acceptors (Lipinski definition) is 5. The van der Waals surface area contributed by atoms with Crippen molar-refractivity contribution in [1.29, 1.82) is 0 Å². The predicted octanol–water partition coefficient (Wildman–Crippen LogP) is 1.13. The Balaban J connectivity index is 2.86. The molecule has 5 nitrogen and oxygen atoms in total. The molecule has 0 aromatic carbocycles. The Morgan fingerprint density at radius 1 is 1.42 bits per heavy atom. The number of nitrogens with one attached hydrogen (secondary N) is 1. The molecule has 112 valence electrons. The van der Waals surface area contributed by atoms with Gasteiger partial charge in [0.2, 0.25) is 0 Å². The van der Waals surface area contributed by atoms with Crippen LogP contribution in [-0.4, -0.2) is 45.1 Å². The molecule has 19 heavy (non-hydrogen) atoms. The van der Waals surface area contributed by atoms with Crippen LogP contribution in [0.1, 0.15) is 40.0 Å². The fourth-order valence-corrected chi connectivity index (χ4v) is 4.81. The van der Waals surface area contributed by atoms with E-state index in [-0.39, 0.29) is 18.1 Å². The fourth-order valence-electron chi connectivity index (χ4n) is 2.70. The molecule has 0 aromatic heterocycles. The Bertz CT molecular complexity index is 416. The van der Waals surface area contributed by atoms with Crippen LogP contribution >= 0.6 is 0 Å². The Kier molecular flexibility index (Phi) is 5.38. The Morgan fingerprint density at radius 2 is 2.05 bits per heavy atom. The molecule has 2 unspecified atom stereocenters. The van der Waals surface area contributed by atoms with E-state index in [1.54, 1.807) is 14.0 Å². The molecule has 1 fully saturated rings. The summed E-state index contributed by atoms with van der Waals surface area (Å²) >= 11 is 0. The van der Waals surface area contributed by atoms with Gasteiger partial charge < -0.3 is 10.1 Å². The molecule has 6 heteroatoms. The van der Waals surface area contributed by atoms with Crippen molar-refractivity contribution in [1.82, 2.24) is 5.32 Å². The normalized spacial score (nSPS) is 26.9. The zero-order chi connectivity index (χ0) is 14.7. The van der Waals surface area contributed by atoms with Crippen molar-refractivity contribution in [3.63, 3.8) is 0 Å². The molecule has 0 bridgehead atoms. The quantitative estimate of drug-likeness (QED) is 0.769. The van der Waals surface area contributed by atoms with Gasteiger partial charge in [-0.25, -0.2) is 8.42 Å². The van der Waals surface area contributed by atoms with E-state index in [2.05, 4.69) is 19.2 Å². The highest BCUT2D eigenvalue weighted by Gasteiger charge is 2.42. The average molecular weight is 291 g/mol. The highest BCUT2D eigenvalue weighted by Crippen LogP contribution is 2.38. The first-order chi connectivity index (χ1) is 8.72. The zero-order valence-electron chi connectivity index (χ0n) is 12.2. The second-order valence-corrected chi connectivity index (χ2v) is 8.17. The number of esters is 1. The van der Waals surface area contributed by atoms with Crippen molar-refractivity contribution in [2.24, 2.45) is 5.41 Å². The molecule has 1 aliphatic carbocycles. The van der Waals surface area contributed by atoms with Gasteiger partial charge in [0.1, 0.15) is 5.75 Å². The second-order valence-electron chi connectivity index (χ2n) is 5.95. The summed E-state index contributed by atoms with van der Waals surface area (Å²) in [4.78, 5) is 11.4. The summed E-state index contributed by atoms with van der Waals surface area (Å²) in [5.74, 6) is -1.17. The Labute approximate surface area is 116 Å². The van der Waals surface area contributed by atoms with Crippen molar-refractivity contribution in [3.05, 3.63) is 0 Å². The van der Waals surface area contributed by atoms with Gasteiger partial charge in [-0.2, -0.15) is 0 Å². The molecule has 1 saturated carbocycles. The lowest BCUT2D eigenvalue weighted by Gasteiger charge is -2.40. The third-order valence-electron chi connectivity index (χ3n) is 3.79. The molecule has 0 heterocycles. The van der Waals surface area contributed by atoms with Crippen molar-refractivity contribution in [2.45, 2.75) is 51.3 Å². The van der Waals surface area contributed by atoms with Gasteiger partial charge in [-0.3, -0.25) is 4.79 Å². The number of carbonyl (C=O) groups is 1. The third kappa shape index (κ3) is 4.45. The molecule has 0 amide bonds. The van der Waals surface area contributed by atoms with E-state index >= 15 is 0 Å². The molecule has 0 radical (unpaired) electrons. The molecule has 0 spiro atoms. The highest BCUT2D eigenvalue weighted by atomic mass is 32.2. The van der Waals surface area contributed by atoms with Gasteiger partial charge in [0.15, 0.2) is 9.84 Å². The number of hydrogen-bond donors (Lipinski definition) is 1. The van der Waals surface area contributed by atoms with Crippen LogP contribution in [0.3, 0.4) is 0 Å². The van der Waals surface area contributed by atoms with Gasteiger partial charge in [-0.1, -0.05) is 13.8 Å². The molecular formula is C13H25NO4S. The minimum absolute atomic E-state index is 0.000250. The fraction of sp³-hybridized carbons (Fsp3) is 0.923. The summed E-state index contributed by atoms with van der Waals surface area (Å²) in [7, 11) is -1.70. The van der Waals surface area contributed by atoms with Crippen molar-refractivity contribution < 1.29 is 17.9 Å². The van der Waals surface area contributed by atoms with Crippen molar-refractivity contribution >= 4 is 15.8 Å². The zero-order valence-corrected chi connectivity index (χ0v) is 13.0. The van der Waals surface area contributed by atoms with Crippen LogP contribution in [-0.2, 0) is 19.4 Å². The molecule has 1 aliphatic rings. The standard InChI is InChI=1S/C13H25NO4S/c1-5-18-12(15)9-19(16,17)11-8-13(2,3)7-6-10(11)14-4/h10-11,14H,5-9H2,1-4H3. The first kappa shape index (κ1) is 16.4. The molecule has 0 saturated heterocycles. The second kappa shape index (κ2) is 6.22.